The van der Waals surface area contributed by atoms with Crippen molar-refractivity contribution in [3.8, 4) is 0 Å². The van der Waals surface area contributed by atoms with Crippen molar-refractivity contribution in [3.05, 3.63) is 76.5 Å². The van der Waals surface area contributed by atoms with E-state index >= 15 is 0 Å². The first-order chi connectivity index (χ1) is 14.1. The van der Waals surface area contributed by atoms with Crippen LogP contribution in [-0.4, -0.2) is 24.4 Å². The molecule has 5 heteroatoms. The molecule has 0 atom stereocenters. The zero-order valence-electron chi connectivity index (χ0n) is 18.1. The van der Waals surface area contributed by atoms with Crippen molar-refractivity contribution >= 4 is 23.9 Å². The number of benzene rings is 2. The van der Waals surface area contributed by atoms with E-state index in [1.54, 1.807) is 30.3 Å². The molecule has 0 radical (unpaired) electrons. The van der Waals surface area contributed by atoms with E-state index in [0.29, 0.717) is 18.1 Å². The Morgan fingerprint density at radius 3 is 2.27 bits per heavy atom. The maximum absolute atomic E-state index is 12.2. The van der Waals surface area contributed by atoms with Gasteiger partial charge in [-0.3, -0.25) is 0 Å². The first-order valence-corrected chi connectivity index (χ1v) is 10.0. The summed E-state index contributed by atoms with van der Waals surface area (Å²) in [6, 6.07) is 14.7. The molecule has 0 saturated carbocycles. The Balaban J connectivity index is 1.75. The Morgan fingerprint density at radius 2 is 1.70 bits per heavy atom. The van der Waals surface area contributed by atoms with Gasteiger partial charge in [0.05, 0.1) is 12.2 Å². The molecule has 2 aromatic rings. The highest BCUT2D eigenvalue weighted by Gasteiger charge is 2.24. The predicted octanol–water partition coefficient (Wildman–Crippen LogP) is 5.14. The number of cyclic esters (lactones) is 1. The van der Waals surface area contributed by atoms with Crippen molar-refractivity contribution in [2.45, 2.75) is 40.0 Å². The van der Waals surface area contributed by atoms with Gasteiger partial charge in [-0.2, -0.15) is 0 Å². The van der Waals surface area contributed by atoms with Crippen molar-refractivity contribution < 1.29 is 19.1 Å². The van der Waals surface area contributed by atoms with Gasteiger partial charge in [-0.1, -0.05) is 58.9 Å². The summed E-state index contributed by atoms with van der Waals surface area (Å²) in [7, 11) is 0. The summed E-state index contributed by atoms with van der Waals surface area (Å²) >= 11 is 0. The van der Waals surface area contributed by atoms with E-state index in [2.05, 4.69) is 25.8 Å². The van der Waals surface area contributed by atoms with Crippen LogP contribution in [0.3, 0.4) is 0 Å². The van der Waals surface area contributed by atoms with Gasteiger partial charge in [-0.15, -0.1) is 0 Å². The molecule has 0 aromatic heterocycles. The third kappa shape index (κ3) is 5.23. The van der Waals surface area contributed by atoms with Gasteiger partial charge in [-0.05, 0) is 52.8 Å². The standard InChI is InChI=1S/C25H27NO4/c1-16(2)15-29-23(27)19-8-6-17(7-9-19)14-21-24(28)30-22(26-21)18-10-12-20(13-11-18)25(3,4)5/h6-14,16H,15H2,1-5H3/b21-14-. The second kappa shape index (κ2) is 8.66. The number of hydrogen-bond donors (Lipinski definition) is 0. The average molecular weight is 405 g/mol. The van der Waals surface area contributed by atoms with E-state index in [1.807, 2.05) is 38.1 Å². The van der Waals surface area contributed by atoms with Crippen LogP contribution in [-0.2, 0) is 19.7 Å². The number of esters is 2. The van der Waals surface area contributed by atoms with Gasteiger partial charge in [0.1, 0.15) is 0 Å². The fourth-order valence-electron chi connectivity index (χ4n) is 2.84. The number of carbonyl (C=O) groups excluding carboxylic acids is 2. The summed E-state index contributed by atoms with van der Waals surface area (Å²) in [4.78, 5) is 28.6. The van der Waals surface area contributed by atoms with E-state index in [-0.39, 0.29) is 23.0 Å². The summed E-state index contributed by atoms with van der Waals surface area (Å²) in [6.45, 7) is 10.8. The zero-order valence-corrected chi connectivity index (χ0v) is 18.1. The average Bonchev–Trinajstić information content (AvgIpc) is 3.06. The minimum Gasteiger partial charge on any atom is -0.462 e. The normalized spacial score (nSPS) is 15.3. The lowest BCUT2D eigenvalue weighted by atomic mass is 9.87. The third-order valence-corrected chi connectivity index (χ3v) is 4.62. The smallest absolute Gasteiger partial charge is 0.363 e. The van der Waals surface area contributed by atoms with Crippen LogP contribution in [0.4, 0.5) is 0 Å². The molecule has 0 fully saturated rings. The monoisotopic (exact) mass is 405 g/mol. The molecule has 0 N–H and O–H groups in total. The lowest BCUT2D eigenvalue weighted by Gasteiger charge is -2.18. The van der Waals surface area contributed by atoms with Crippen LogP contribution >= 0.6 is 0 Å². The Labute approximate surface area is 177 Å². The van der Waals surface area contributed by atoms with Gasteiger partial charge in [0.2, 0.25) is 5.90 Å². The van der Waals surface area contributed by atoms with Gasteiger partial charge >= 0.3 is 11.9 Å². The molecule has 0 unspecified atom stereocenters. The van der Waals surface area contributed by atoms with Crippen molar-refractivity contribution in [2.75, 3.05) is 6.61 Å². The minimum absolute atomic E-state index is 0.0468. The molecule has 5 nitrogen and oxygen atoms in total. The van der Waals surface area contributed by atoms with Crippen LogP contribution in [0, 0.1) is 5.92 Å². The van der Waals surface area contributed by atoms with E-state index < -0.39 is 5.97 Å². The molecular formula is C25H27NO4. The number of aliphatic imine (C=N–C) groups is 1. The largest absolute Gasteiger partial charge is 0.462 e. The molecule has 2 aromatic carbocycles. The van der Waals surface area contributed by atoms with Crippen LogP contribution in [0.5, 0.6) is 0 Å². The van der Waals surface area contributed by atoms with Crippen LogP contribution in [0.2, 0.25) is 0 Å². The van der Waals surface area contributed by atoms with Gasteiger partial charge in [0, 0.05) is 5.56 Å². The van der Waals surface area contributed by atoms with Crippen LogP contribution in [0.1, 0.15) is 61.7 Å². The van der Waals surface area contributed by atoms with E-state index in [0.717, 1.165) is 11.1 Å². The number of carbonyl (C=O) groups is 2. The van der Waals surface area contributed by atoms with Crippen molar-refractivity contribution in [1.82, 2.24) is 0 Å². The van der Waals surface area contributed by atoms with Crippen molar-refractivity contribution in [2.24, 2.45) is 10.9 Å². The topological polar surface area (TPSA) is 65.0 Å². The predicted molar refractivity (Wildman–Crippen MR) is 117 cm³/mol. The van der Waals surface area contributed by atoms with Crippen LogP contribution < -0.4 is 0 Å². The molecule has 0 amide bonds. The van der Waals surface area contributed by atoms with Crippen molar-refractivity contribution in [1.29, 1.82) is 0 Å². The molecule has 0 spiro atoms. The highest BCUT2D eigenvalue weighted by molar-refractivity contribution is 6.12. The molecule has 3 rings (SSSR count). The van der Waals surface area contributed by atoms with Crippen molar-refractivity contribution in [3.63, 3.8) is 0 Å². The molecule has 1 heterocycles. The van der Waals surface area contributed by atoms with Crippen LogP contribution in [0.15, 0.2) is 59.2 Å². The lowest BCUT2D eigenvalue weighted by Crippen LogP contribution is -2.11. The lowest BCUT2D eigenvalue weighted by molar-refractivity contribution is -0.129. The Morgan fingerprint density at radius 1 is 1.07 bits per heavy atom. The first kappa shape index (κ1) is 21.5. The Bertz CT molecular complexity index is 991. The summed E-state index contributed by atoms with van der Waals surface area (Å²) < 4.78 is 10.6. The number of nitrogens with zero attached hydrogens (tertiary/aromatic N) is 1. The molecule has 30 heavy (non-hydrogen) atoms. The van der Waals surface area contributed by atoms with Gasteiger partial charge in [-0.25, -0.2) is 14.6 Å². The molecule has 0 saturated heterocycles. The number of ether oxygens (including phenoxy) is 2. The molecule has 0 aliphatic carbocycles. The fourth-order valence-corrected chi connectivity index (χ4v) is 2.84. The highest BCUT2D eigenvalue weighted by Crippen LogP contribution is 2.24. The molecule has 156 valence electrons. The summed E-state index contributed by atoms with van der Waals surface area (Å²) in [5.74, 6) is -0.281. The Hall–Kier alpha value is -3.21. The van der Waals surface area contributed by atoms with E-state index in [4.69, 9.17) is 9.47 Å². The zero-order chi connectivity index (χ0) is 21.9. The first-order valence-electron chi connectivity index (χ1n) is 10.0. The molecular weight excluding hydrogens is 378 g/mol. The number of rotatable bonds is 5. The van der Waals surface area contributed by atoms with Gasteiger partial charge < -0.3 is 9.47 Å². The SMILES string of the molecule is CC(C)COC(=O)c1ccc(/C=C2\N=C(c3ccc(C(C)(C)C)cc3)OC2=O)cc1. The Kier molecular flexibility index (Phi) is 6.20. The third-order valence-electron chi connectivity index (χ3n) is 4.62. The van der Waals surface area contributed by atoms with Crippen LogP contribution in [0.25, 0.3) is 6.08 Å². The summed E-state index contributed by atoms with van der Waals surface area (Å²) in [6.07, 6.45) is 1.64. The molecule has 1 aliphatic rings. The summed E-state index contributed by atoms with van der Waals surface area (Å²) in [5.41, 5.74) is 3.43. The molecule has 0 bridgehead atoms. The van der Waals surface area contributed by atoms with E-state index in [9.17, 15) is 9.59 Å². The van der Waals surface area contributed by atoms with Gasteiger partial charge in [0.25, 0.3) is 0 Å². The fraction of sp³-hybridized carbons (Fsp3) is 0.320. The maximum atomic E-state index is 12.2. The van der Waals surface area contributed by atoms with Gasteiger partial charge in [0.15, 0.2) is 5.70 Å². The second-order valence-electron chi connectivity index (χ2n) is 8.78. The summed E-state index contributed by atoms with van der Waals surface area (Å²) in [5, 5.41) is 0. The number of hydrogen-bond acceptors (Lipinski definition) is 5. The minimum atomic E-state index is -0.495. The quantitative estimate of drug-likeness (QED) is 0.510. The molecule has 1 aliphatic heterocycles. The van der Waals surface area contributed by atoms with E-state index in [1.165, 1.54) is 5.56 Å². The highest BCUT2D eigenvalue weighted by atomic mass is 16.6. The maximum Gasteiger partial charge on any atom is 0.363 e. The second-order valence-corrected chi connectivity index (χ2v) is 8.78.